The molecule has 5 heteroatoms. The SMILES string of the molecule is CNCCCC(=O)NCC1(c2ccccc2OC)CCCC1.Cl. The Balaban J connectivity index is 0.00000264. The maximum Gasteiger partial charge on any atom is 0.220 e. The van der Waals surface area contributed by atoms with Crippen molar-refractivity contribution in [3.8, 4) is 5.75 Å². The number of amides is 1. The molecule has 0 spiro atoms. The molecule has 23 heavy (non-hydrogen) atoms. The average Bonchev–Trinajstić information content (AvgIpc) is 3.03. The highest BCUT2D eigenvalue weighted by atomic mass is 35.5. The summed E-state index contributed by atoms with van der Waals surface area (Å²) in [5.41, 5.74) is 1.27. The molecule has 1 fully saturated rings. The van der Waals surface area contributed by atoms with E-state index in [-0.39, 0.29) is 23.7 Å². The van der Waals surface area contributed by atoms with Gasteiger partial charge < -0.3 is 15.4 Å². The average molecular weight is 341 g/mol. The lowest BCUT2D eigenvalue weighted by Gasteiger charge is -2.31. The van der Waals surface area contributed by atoms with Crippen LogP contribution in [0.15, 0.2) is 24.3 Å². The van der Waals surface area contributed by atoms with Gasteiger partial charge in [-0.25, -0.2) is 0 Å². The second-order valence-electron chi connectivity index (χ2n) is 6.17. The van der Waals surface area contributed by atoms with E-state index in [1.807, 2.05) is 19.2 Å². The highest BCUT2D eigenvalue weighted by molar-refractivity contribution is 5.85. The van der Waals surface area contributed by atoms with Gasteiger partial charge in [-0.15, -0.1) is 12.4 Å². The van der Waals surface area contributed by atoms with Crippen molar-refractivity contribution in [3.05, 3.63) is 29.8 Å². The van der Waals surface area contributed by atoms with Crippen LogP contribution in [0.1, 0.15) is 44.1 Å². The van der Waals surface area contributed by atoms with Crippen LogP contribution in [0.25, 0.3) is 0 Å². The predicted octanol–water partition coefficient (Wildman–Crippen LogP) is 3.04. The van der Waals surface area contributed by atoms with Crippen LogP contribution in [0, 0.1) is 0 Å². The summed E-state index contributed by atoms with van der Waals surface area (Å²) in [5.74, 6) is 1.09. The summed E-state index contributed by atoms with van der Waals surface area (Å²) in [7, 11) is 3.63. The van der Waals surface area contributed by atoms with Crippen LogP contribution in [0.3, 0.4) is 0 Å². The van der Waals surface area contributed by atoms with Gasteiger partial charge in [0.2, 0.25) is 5.91 Å². The number of rotatable bonds is 8. The Hall–Kier alpha value is -1.26. The van der Waals surface area contributed by atoms with E-state index in [4.69, 9.17) is 4.74 Å². The quantitative estimate of drug-likeness (QED) is 0.715. The number of carbonyl (C=O) groups is 1. The van der Waals surface area contributed by atoms with E-state index in [0.29, 0.717) is 13.0 Å². The number of nitrogens with one attached hydrogen (secondary N) is 2. The molecule has 130 valence electrons. The van der Waals surface area contributed by atoms with E-state index in [1.54, 1.807) is 7.11 Å². The third kappa shape index (κ3) is 5.11. The first-order chi connectivity index (χ1) is 10.7. The zero-order valence-electron chi connectivity index (χ0n) is 14.2. The normalized spacial score (nSPS) is 15.7. The standard InChI is InChI=1S/C18H28N2O2.ClH/c1-19-13-7-10-17(21)20-14-18(11-5-6-12-18)15-8-3-4-9-16(15)22-2;/h3-4,8-9,19H,5-7,10-14H2,1-2H3,(H,20,21);1H. The van der Waals surface area contributed by atoms with Crippen molar-refractivity contribution < 1.29 is 9.53 Å². The van der Waals surface area contributed by atoms with E-state index >= 15 is 0 Å². The lowest BCUT2D eigenvalue weighted by molar-refractivity contribution is -0.121. The van der Waals surface area contributed by atoms with Gasteiger partial charge in [0.25, 0.3) is 0 Å². The van der Waals surface area contributed by atoms with Crippen molar-refractivity contribution in [1.29, 1.82) is 0 Å². The molecule has 0 aliphatic heterocycles. The van der Waals surface area contributed by atoms with Gasteiger partial charge in [0.15, 0.2) is 0 Å². The Morgan fingerprint density at radius 1 is 1.26 bits per heavy atom. The maximum absolute atomic E-state index is 12.0. The number of carbonyl (C=O) groups excluding carboxylic acids is 1. The van der Waals surface area contributed by atoms with E-state index in [9.17, 15) is 4.79 Å². The summed E-state index contributed by atoms with van der Waals surface area (Å²) in [6.07, 6.45) is 6.13. The minimum absolute atomic E-state index is 0. The van der Waals surface area contributed by atoms with Crippen molar-refractivity contribution in [3.63, 3.8) is 0 Å². The van der Waals surface area contributed by atoms with Crippen molar-refractivity contribution in [2.75, 3.05) is 27.2 Å². The van der Waals surface area contributed by atoms with Gasteiger partial charge in [-0.2, -0.15) is 0 Å². The van der Waals surface area contributed by atoms with Crippen molar-refractivity contribution >= 4 is 18.3 Å². The first kappa shape index (κ1) is 19.8. The first-order valence-corrected chi connectivity index (χ1v) is 8.27. The summed E-state index contributed by atoms with van der Waals surface area (Å²) in [6, 6.07) is 8.23. The molecule has 0 saturated heterocycles. The first-order valence-electron chi connectivity index (χ1n) is 8.27. The molecular formula is C18H29ClN2O2. The fraction of sp³-hybridized carbons (Fsp3) is 0.611. The molecule has 4 nitrogen and oxygen atoms in total. The second kappa shape index (κ2) is 9.78. The largest absolute Gasteiger partial charge is 0.496 e. The van der Waals surface area contributed by atoms with Gasteiger partial charge in [-0.05, 0) is 38.9 Å². The van der Waals surface area contributed by atoms with Crippen molar-refractivity contribution in [1.82, 2.24) is 10.6 Å². The number of ether oxygens (including phenoxy) is 1. The summed E-state index contributed by atoms with van der Waals surface area (Å²) < 4.78 is 5.55. The van der Waals surface area contributed by atoms with Gasteiger partial charge in [-0.3, -0.25) is 4.79 Å². The molecule has 0 radical (unpaired) electrons. The van der Waals surface area contributed by atoms with Gasteiger partial charge in [0.05, 0.1) is 7.11 Å². The minimum atomic E-state index is 0. The summed E-state index contributed by atoms with van der Waals surface area (Å²) in [4.78, 5) is 12.0. The van der Waals surface area contributed by atoms with Crippen LogP contribution in [-0.4, -0.2) is 33.2 Å². The number of benzene rings is 1. The third-order valence-corrected chi connectivity index (χ3v) is 4.69. The van der Waals surface area contributed by atoms with Crippen LogP contribution in [-0.2, 0) is 10.2 Å². The van der Waals surface area contributed by atoms with Crippen LogP contribution in [0.4, 0.5) is 0 Å². The smallest absolute Gasteiger partial charge is 0.220 e. The van der Waals surface area contributed by atoms with E-state index in [1.165, 1.54) is 18.4 Å². The molecule has 1 aliphatic carbocycles. The molecule has 0 bridgehead atoms. The summed E-state index contributed by atoms with van der Waals surface area (Å²) >= 11 is 0. The number of halogens is 1. The Bertz CT molecular complexity index is 488. The highest BCUT2D eigenvalue weighted by Gasteiger charge is 2.37. The molecule has 0 aromatic heterocycles. The number of hydrogen-bond donors (Lipinski definition) is 2. The fourth-order valence-corrected chi connectivity index (χ4v) is 3.46. The zero-order valence-corrected chi connectivity index (χ0v) is 15.0. The van der Waals surface area contributed by atoms with Crippen LogP contribution in [0.5, 0.6) is 5.75 Å². The zero-order chi connectivity index (χ0) is 15.8. The Morgan fingerprint density at radius 2 is 1.96 bits per heavy atom. The van der Waals surface area contributed by atoms with Crippen molar-refractivity contribution in [2.45, 2.75) is 43.9 Å². The Labute approximate surface area is 145 Å². The molecule has 1 saturated carbocycles. The lowest BCUT2D eigenvalue weighted by Crippen LogP contribution is -2.39. The molecular weight excluding hydrogens is 312 g/mol. The van der Waals surface area contributed by atoms with Crippen LogP contribution < -0.4 is 15.4 Å². The molecule has 2 rings (SSSR count). The molecule has 0 heterocycles. The van der Waals surface area contributed by atoms with Crippen LogP contribution in [0.2, 0.25) is 0 Å². The van der Waals surface area contributed by atoms with Gasteiger partial charge >= 0.3 is 0 Å². The maximum atomic E-state index is 12.0. The number of methoxy groups -OCH3 is 1. The van der Waals surface area contributed by atoms with Gasteiger partial charge in [0.1, 0.15) is 5.75 Å². The van der Waals surface area contributed by atoms with Crippen molar-refractivity contribution in [2.24, 2.45) is 0 Å². The molecule has 1 amide bonds. The van der Waals surface area contributed by atoms with E-state index in [0.717, 1.165) is 31.6 Å². The molecule has 2 N–H and O–H groups in total. The fourth-order valence-electron chi connectivity index (χ4n) is 3.46. The van der Waals surface area contributed by atoms with E-state index < -0.39 is 0 Å². The lowest BCUT2D eigenvalue weighted by atomic mass is 9.78. The number of para-hydroxylation sites is 1. The Morgan fingerprint density at radius 3 is 2.61 bits per heavy atom. The predicted molar refractivity (Wildman–Crippen MR) is 96.6 cm³/mol. The second-order valence-corrected chi connectivity index (χ2v) is 6.17. The minimum Gasteiger partial charge on any atom is -0.496 e. The summed E-state index contributed by atoms with van der Waals surface area (Å²) in [5, 5.41) is 6.22. The Kier molecular flexibility index (Phi) is 8.42. The molecule has 1 aliphatic rings. The monoisotopic (exact) mass is 340 g/mol. The molecule has 1 aromatic carbocycles. The molecule has 0 atom stereocenters. The molecule has 0 unspecified atom stereocenters. The van der Waals surface area contributed by atoms with Gasteiger partial charge in [0, 0.05) is 23.9 Å². The third-order valence-electron chi connectivity index (χ3n) is 4.69. The molecule has 1 aromatic rings. The van der Waals surface area contributed by atoms with E-state index in [2.05, 4.69) is 22.8 Å². The number of hydrogen-bond acceptors (Lipinski definition) is 3. The van der Waals surface area contributed by atoms with Crippen LogP contribution >= 0.6 is 12.4 Å². The van der Waals surface area contributed by atoms with Gasteiger partial charge in [-0.1, -0.05) is 31.0 Å². The highest BCUT2D eigenvalue weighted by Crippen LogP contribution is 2.44. The summed E-state index contributed by atoms with van der Waals surface area (Å²) in [6.45, 7) is 1.59. The topological polar surface area (TPSA) is 50.4 Å².